The van der Waals surface area contributed by atoms with Gasteiger partial charge in [0.1, 0.15) is 16.7 Å². The fraction of sp³-hybridized carbons (Fsp3) is 0. The van der Waals surface area contributed by atoms with Crippen LogP contribution in [0, 0.1) is 0 Å². The number of anilines is 6. The predicted molar refractivity (Wildman–Crippen MR) is 298 cm³/mol. The molecule has 0 radical (unpaired) electrons. The van der Waals surface area contributed by atoms with Gasteiger partial charge in [-0.05, 0) is 141 Å². The summed E-state index contributed by atoms with van der Waals surface area (Å²) in [7, 11) is 0. The van der Waals surface area contributed by atoms with Crippen LogP contribution in [-0.4, -0.2) is 0 Å². The first-order chi connectivity index (χ1) is 35.2. The lowest BCUT2D eigenvalue weighted by Gasteiger charge is -2.28. The normalized spacial score (nSPS) is 12.2. The maximum Gasteiger partial charge on any atom is 0.159 e. The highest BCUT2D eigenvalue weighted by Crippen LogP contribution is 2.53. The molecule has 332 valence electrons. The van der Waals surface area contributed by atoms with Crippen molar-refractivity contribution >= 4 is 122 Å². The minimum absolute atomic E-state index is 0.867. The highest BCUT2D eigenvalue weighted by atomic mass is 32.2. The van der Waals surface area contributed by atoms with Crippen molar-refractivity contribution in [1.82, 2.24) is 0 Å². The standard InChI is InChI=1S/C66H40N2O2S/c1-3-15-43(16-4-1)67(45-32-36-62-56(39-45)51-22-10-11-26-60(51)69-62)46-31-33-52-57-38-42-30-29-41(37-55(42)53-23-14-28-63(65(53)57)71-64(52)40-46)47-34-35-58(49-20-8-7-19-48(47)49)68(44-17-5-2-6-18-44)59-25-13-24-54-50-21-9-12-27-61(50)70-66(54)59/h1-40H. The van der Waals surface area contributed by atoms with Crippen molar-refractivity contribution in [3.05, 3.63) is 243 Å². The molecule has 0 bridgehead atoms. The van der Waals surface area contributed by atoms with Gasteiger partial charge in [0.2, 0.25) is 0 Å². The lowest BCUT2D eigenvalue weighted by molar-refractivity contribution is 0.668. The van der Waals surface area contributed by atoms with Crippen LogP contribution in [0.2, 0.25) is 0 Å². The summed E-state index contributed by atoms with van der Waals surface area (Å²) in [4.78, 5) is 7.21. The van der Waals surface area contributed by atoms with Crippen LogP contribution in [0.15, 0.2) is 261 Å². The summed E-state index contributed by atoms with van der Waals surface area (Å²) in [6.07, 6.45) is 0. The average molecular weight is 925 g/mol. The number of nitrogens with zero attached hydrogens (tertiary/aromatic N) is 2. The Bertz CT molecular complexity index is 4460. The zero-order valence-electron chi connectivity index (χ0n) is 38.2. The van der Waals surface area contributed by atoms with Crippen molar-refractivity contribution in [1.29, 1.82) is 0 Å². The topological polar surface area (TPSA) is 32.8 Å². The summed E-state index contributed by atoms with van der Waals surface area (Å²) in [6.45, 7) is 0. The molecule has 1 aliphatic rings. The van der Waals surface area contributed by atoms with E-state index in [4.69, 9.17) is 8.83 Å². The van der Waals surface area contributed by atoms with Gasteiger partial charge >= 0.3 is 0 Å². The molecular weight excluding hydrogens is 885 g/mol. The van der Waals surface area contributed by atoms with Crippen molar-refractivity contribution in [2.45, 2.75) is 9.79 Å². The second-order valence-electron chi connectivity index (χ2n) is 18.4. The second kappa shape index (κ2) is 15.8. The van der Waals surface area contributed by atoms with Gasteiger partial charge in [-0.1, -0.05) is 157 Å². The number of hydrogen-bond acceptors (Lipinski definition) is 5. The number of fused-ring (bicyclic) bond motifs is 11. The minimum atomic E-state index is 0.867. The predicted octanol–water partition coefficient (Wildman–Crippen LogP) is 19.7. The fourth-order valence-electron chi connectivity index (χ4n) is 11.2. The largest absolute Gasteiger partial charge is 0.456 e. The molecule has 0 amide bonds. The summed E-state index contributed by atoms with van der Waals surface area (Å²) in [5, 5.41) is 11.8. The van der Waals surface area contributed by atoms with E-state index < -0.39 is 0 Å². The molecule has 15 rings (SSSR count). The summed E-state index contributed by atoms with van der Waals surface area (Å²) in [6, 6.07) is 87.5. The molecule has 14 aromatic rings. The van der Waals surface area contributed by atoms with Crippen LogP contribution in [0.25, 0.3) is 98.4 Å². The van der Waals surface area contributed by atoms with Crippen LogP contribution in [0.5, 0.6) is 0 Å². The van der Waals surface area contributed by atoms with E-state index in [1.165, 1.54) is 59.0 Å². The summed E-state index contributed by atoms with van der Waals surface area (Å²) < 4.78 is 12.9. The molecular formula is C66H40N2O2S. The van der Waals surface area contributed by atoms with Crippen molar-refractivity contribution in [3.8, 4) is 22.3 Å². The van der Waals surface area contributed by atoms with Crippen LogP contribution >= 0.6 is 11.8 Å². The molecule has 0 spiro atoms. The average Bonchev–Trinajstić information content (AvgIpc) is 4.00. The molecule has 12 aromatic carbocycles. The molecule has 71 heavy (non-hydrogen) atoms. The van der Waals surface area contributed by atoms with Gasteiger partial charge in [0.15, 0.2) is 5.58 Å². The fourth-order valence-corrected chi connectivity index (χ4v) is 12.4. The Morgan fingerprint density at radius 3 is 1.73 bits per heavy atom. The van der Waals surface area contributed by atoms with Crippen molar-refractivity contribution in [3.63, 3.8) is 0 Å². The van der Waals surface area contributed by atoms with Gasteiger partial charge in [0, 0.05) is 64.9 Å². The Morgan fingerprint density at radius 2 is 0.915 bits per heavy atom. The van der Waals surface area contributed by atoms with Crippen LogP contribution in [0.1, 0.15) is 0 Å². The molecule has 5 heteroatoms. The molecule has 0 atom stereocenters. The van der Waals surface area contributed by atoms with Crippen LogP contribution in [0.3, 0.4) is 0 Å². The highest BCUT2D eigenvalue weighted by Gasteiger charge is 2.25. The Labute approximate surface area is 413 Å². The van der Waals surface area contributed by atoms with E-state index in [1.54, 1.807) is 0 Å². The number of hydrogen-bond donors (Lipinski definition) is 0. The Kier molecular flexibility index (Phi) is 8.86. The first kappa shape index (κ1) is 39.9. The molecule has 0 saturated carbocycles. The third-order valence-corrected chi connectivity index (χ3v) is 15.5. The van der Waals surface area contributed by atoms with Crippen LogP contribution < -0.4 is 9.80 Å². The maximum atomic E-state index is 6.66. The van der Waals surface area contributed by atoms with E-state index in [1.807, 2.05) is 30.0 Å². The molecule has 0 fully saturated rings. The minimum Gasteiger partial charge on any atom is -0.456 e. The molecule has 0 aliphatic carbocycles. The van der Waals surface area contributed by atoms with E-state index in [0.717, 1.165) is 83.4 Å². The SMILES string of the molecule is c1ccc(N(c2ccc3c(c2)Sc2cccc4c2c-3cc2ccc(-c3ccc(N(c5ccccc5)c5cccc6c5oc5ccccc56)c5ccccc35)cc24)c2ccc3oc4ccccc4c3c2)cc1. The Hall–Kier alpha value is -9.03. The summed E-state index contributed by atoms with van der Waals surface area (Å²) in [5.41, 5.74) is 14.9. The number of furan rings is 2. The van der Waals surface area contributed by atoms with Crippen molar-refractivity contribution in [2.24, 2.45) is 0 Å². The molecule has 3 heterocycles. The van der Waals surface area contributed by atoms with Gasteiger partial charge < -0.3 is 18.6 Å². The van der Waals surface area contributed by atoms with Gasteiger partial charge in [-0.3, -0.25) is 0 Å². The monoisotopic (exact) mass is 924 g/mol. The Morgan fingerprint density at radius 1 is 0.296 bits per heavy atom. The summed E-state index contributed by atoms with van der Waals surface area (Å²) in [5.74, 6) is 0. The summed E-state index contributed by atoms with van der Waals surface area (Å²) >= 11 is 1.86. The lowest BCUT2D eigenvalue weighted by Crippen LogP contribution is -2.10. The quantitative estimate of drug-likeness (QED) is 0.149. The first-order valence-corrected chi connectivity index (χ1v) is 24.9. The van der Waals surface area contributed by atoms with E-state index in [2.05, 4.69) is 234 Å². The van der Waals surface area contributed by atoms with E-state index >= 15 is 0 Å². The first-order valence-electron chi connectivity index (χ1n) is 24.1. The van der Waals surface area contributed by atoms with Crippen LogP contribution in [0.4, 0.5) is 34.1 Å². The van der Waals surface area contributed by atoms with Crippen molar-refractivity contribution in [2.75, 3.05) is 9.80 Å². The van der Waals surface area contributed by atoms with Gasteiger partial charge in [0.25, 0.3) is 0 Å². The number of rotatable bonds is 7. The zero-order valence-corrected chi connectivity index (χ0v) is 39.0. The number of para-hydroxylation sites is 5. The molecule has 0 saturated heterocycles. The third kappa shape index (κ3) is 6.26. The highest BCUT2D eigenvalue weighted by molar-refractivity contribution is 7.99. The zero-order chi connectivity index (χ0) is 46.6. The van der Waals surface area contributed by atoms with E-state index in [-0.39, 0.29) is 0 Å². The van der Waals surface area contributed by atoms with Gasteiger partial charge in [-0.2, -0.15) is 0 Å². The number of benzene rings is 12. The van der Waals surface area contributed by atoms with Crippen molar-refractivity contribution < 1.29 is 8.83 Å². The van der Waals surface area contributed by atoms with E-state index in [0.29, 0.717) is 0 Å². The maximum absolute atomic E-state index is 6.66. The third-order valence-electron chi connectivity index (χ3n) is 14.4. The molecule has 0 N–H and O–H groups in total. The van der Waals surface area contributed by atoms with Gasteiger partial charge in [-0.25, -0.2) is 0 Å². The smallest absolute Gasteiger partial charge is 0.159 e. The molecule has 0 unspecified atom stereocenters. The second-order valence-corrected chi connectivity index (χ2v) is 19.5. The molecule has 1 aliphatic heterocycles. The lowest BCUT2D eigenvalue weighted by atomic mass is 9.90. The van der Waals surface area contributed by atoms with Gasteiger partial charge in [0.05, 0.1) is 11.4 Å². The Balaban J connectivity index is 0.847. The van der Waals surface area contributed by atoms with Gasteiger partial charge in [-0.15, -0.1) is 0 Å². The molecule has 4 nitrogen and oxygen atoms in total. The van der Waals surface area contributed by atoms with Crippen LogP contribution in [-0.2, 0) is 0 Å². The molecule has 2 aromatic heterocycles. The van der Waals surface area contributed by atoms with E-state index in [9.17, 15) is 0 Å².